The van der Waals surface area contributed by atoms with Gasteiger partial charge in [-0.15, -0.1) is 0 Å². The third-order valence-electron chi connectivity index (χ3n) is 2.53. The van der Waals surface area contributed by atoms with Crippen LogP contribution in [0.2, 0.25) is 0 Å². The van der Waals surface area contributed by atoms with Crippen LogP contribution in [0.5, 0.6) is 5.88 Å². The molecular formula is C12H12N2O3S2. The Bertz CT molecular complexity index is 634. The Morgan fingerprint density at radius 2 is 2.05 bits per heavy atom. The number of carbonyl (C=O) groups is 1. The lowest BCUT2D eigenvalue weighted by Gasteiger charge is -2.04. The van der Waals surface area contributed by atoms with Gasteiger partial charge in [-0.25, -0.2) is 4.79 Å². The zero-order chi connectivity index (χ0) is 13.8. The Kier molecular flexibility index (Phi) is 4.28. The summed E-state index contributed by atoms with van der Waals surface area (Å²) in [5.41, 5.74) is 1.31. The second-order valence-electron chi connectivity index (χ2n) is 3.77. The first-order chi connectivity index (χ1) is 9.09. The number of aryl methyl sites for hydroxylation is 1. The van der Waals surface area contributed by atoms with E-state index in [1.165, 1.54) is 4.57 Å². The van der Waals surface area contributed by atoms with Crippen LogP contribution in [0, 0.1) is 4.77 Å². The molecule has 0 saturated carbocycles. The SMILES string of the molecule is O=C(O)SCCc1[nH]c(=S)n(-c2ccccc2)c1O. The van der Waals surface area contributed by atoms with Crippen molar-refractivity contribution in [2.45, 2.75) is 6.42 Å². The number of aromatic hydroxyl groups is 1. The van der Waals surface area contributed by atoms with Gasteiger partial charge >= 0.3 is 5.30 Å². The second kappa shape index (κ2) is 5.94. The molecule has 0 fully saturated rings. The van der Waals surface area contributed by atoms with Crippen LogP contribution < -0.4 is 0 Å². The van der Waals surface area contributed by atoms with Gasteiger partial charge in [0, 0.05) is 12.2 Å². The highest BCUT2D eigenvalue weighted by atomic mass is 32.2. The molecule has 0 unspecified atom stereocenters. The standard InChI is InChI=1S/C12H12N2O3S2/c15-10-9(6-7-19-12(16)17)13-11(18)14(10)8-4-2-1-3-5-8/h1-5,15H,6-7H2,(H,13,18)(H,16,17). The molecular weight excluding hydrogens is 284 g/mol. The van der Waals surface area contributed by atoms with Crippen LogP contribution in [0.1, 0.15) is 5.69 Å². The highest BCUT2D eigenvalue weighted by molar-refractivity contribution is 8.13. The lowest BCUT2D eigenvalue weighted by Crippen LogP contribution is -1.95. The molecule has 19 heavy (non-hydrogen) atoms. The van der Waals surface area contributed by atoms with Crippen LogP contribution in [-0.4, -0.2) is 30.8 Å². The van der Waals surface area contributed by atoms with Crippen molar-refractivity contribution in [3.63, 3.8) is 0 Å². The summed E-state index contributed by atoms with van der Waals surface area (Å²) in [5, 5.41) is 17.8. The van der Waals surface area contributed by atoms with E-state index in [2.05, 4.69) is 4.98 Å². The van der Waals surface area contributed by atoms with E-state index in [-0.39, 0.29) is 5.88 Å². The summed E-state index contributed by atoms with van der Waals surface area (Å²) < 4.78 is 1.91. The first kappa shape index (κ1) is 13.7. The van der Waals surface area contributed by atoms with Crippen molar-refractivity contribution in [2.24, 2.45) is 0 Å². The molecule has 1 aromatic heterocycles. The minimum absolute atomic E-state index is 0.0298. The highest BCUT2D eigenvalue weighted by Crippen LogP contribution is 2.23. The molecule has 0 aliphatic heterocycles. The molecule has 100 valence electrons. The number of nitrogens with zero attached hydrogens (tertiary/aromatic N) is 1. The average molecular weight is 296 g/mol. The molecule has 7 heteroatoms. The zero-order valence-electron chi connectivity index (χ0n) is 9.87. The molecule has 0 amide bonds. The molecule has 1 heterocycles. The molecule has 5 nitrogen and oxygen atoms in total. The lowest BCUT2D eigenvalue weighted by atomic mass is 10.3. The van der Waals surface area contributed by atoms with Crippen molar-refractivity contribution in [2.75, 3.05) is 5.75 Å². The monoisotopic (exact) mass is 296 g/mol. The van der Waals surface area contributed by atoms with Crippen molar-refractivity contribution in [3.8, 4) is 11.6 Å². The molecule has 0 bridgehead atoms. The van der Waals surface area contributed by atoms with Crippen molar-refractivity contribution >= 4 is 29.3 Å². The number of imidazole rings is 1. The first-order valence-corrected chi connectivity index (χ1v) is 6.93. The third-order valence-corrected chi connectivity index (χ3v) is 3.47. The van der Waals surface area contributed by atoms with Crippen molar-refractivity contribution in [3.05, 3.63) is 40.8 Å². The number of H-pyrrole nitrogens is 1. The van der Waals surface area contributed by atoms with Gasteiger partial charge in [-0.1, -0.05) is 18.2 Å². The summed E-state index contributed by atoms with van der Waals surface area (Å²) in [5.74, 6) is 0.398. The van der Waals surface area contributed by atoms with E-state index >= 15 is 0 Å². The van der Waals surface area contributed by atoms with Gasteiger partial charge in [0.1, 0.15) is 0 Å². The molecule has 0 spiro atoms. The fourth-order valence-electron chi connectivity index (χ4n) is 1.70. The van der Waals surface area contributed by atoms with Crippen LogP contribution in [-0.2, 0) is 6.42 Å². The topological polar surface area (TPSA) is 78.2 Å². The molecule has 1 aromatic carbocycles. The van der Waals surface area contributed by atoms with E-state index in [1.807, 2.05) is 30.3 Å². The smallest absolute Gasteiger partial charge is 0.364 e. The van der Waals surface area contributed by atoms with E-state index in [0.717, 1.165) is 17.4 Å². The lowest BCUT2D eigenvalue weighted by molar-refractivity contribution is 0.222. The maximum absolute atomic E-state index is 10.4. The van der Waals surface area contributed by atoms with E-state index in [1.54, 1.807) is 0 Å². The van der Waals surface area contributed by atoms with Gasteiger partial charge in [-0.05, 0) is 36.1 Å². The maximum Gasteiger partial charge on any atom is 0.364 e. The fraction of sp³-hybridized carbons (Fsp3) is 0.167. The molecule has 3 N–H and O–H groups in total. The summed E-state index contributed by atoms with van der Waals surface area (Å²) in [6.45, 7) is 0. The van der Waals surface area contributed by atoms with Gasteiger partial charge in [0.15, 0.2) is 4.77 Å². The summed E-state index contributed by atoms with van der Waals surface area (Å²) in [7, 11) is 0. The Balaban J connectivity index is 2.25. The number of aromatic amines is 1. The summed E-state index contributed by atoms with van der Waals surface area (Å²) >= 11 is 5.96. The number of para-hydroxylation sites is 1. The zero-order valence-corrected chi connectivity index (χ0v) is 11.5. The van der Waals surface area contributed by atoms with E-state index in [0.29, 0.717) is 22.6 Å². The largest absolute Gasteiger partial charge is 0.493 e. The van der Waals surface area contributed by atoms with Gasteiger partial charge in [0.05, 0.1) is 11.4 Å². The third kappa shape index (κ3) is 3.18. The average Bonchev–Trinajstić information content (AvgIpc) is 2.65. The maximum atomic E-state index is 10.4. The Hall–Kier alpha value is -1.73. The van der Waals surface area contributed by atoms with E-state index < -0.39 is 5.30 Å². The Labute approximate surface area is 118 Å². The molecule has 0 saturated heterocycles. The van der Waals surface area contributed by atoms with Crippen molar-refractivity contribution < 1.29 is 15.0 Å². The second-order valence-corrected chi connectivity index (χ2v) is 5.20. The molecule has 0 radical (unpaired) electrons. The minimum atomic E-state index is -0.930. The van der Waals surface area contributed by atoms with Crippen LogP contribution in [0.15, 0.2) is 30.3 Å². The van der Waals surface area contributed by atoms with E-state index in [4.69, 9.17) is 17.3 Å². The summed E-state index contributed by atoms with van der Waals surface area (Å²) in [4.78, 5) is 13.3. The quantitative estimate of drug-likeness (QED) is 0.755. The van der Waals surface area contributed by atoms with Crippen LogP contribution in [0.4, 0.5) is 4.79 Å². The number of hydrogen-bond donors (Lipinski definition) is 3. The molecule has 2 rings (SSSR count). The van der Waals surface area contributed by atoms with Gasteiger partial charge in [-0.2, -0.15) is 0 Å². The van der Waals surface area contributed by atoms with Crippen LogP contribution in [0.3, 0.4) is 0 Å². The van der Waals surface area contributed by atoms with E-state index in [9.17, 15) is 9.90 Å². The Morgan fingerprint density at radius 1 is 1.37 bits per heavy atom. The number of thioether (sulfide) groups is 1. The van der Waals surface area contributed by atoms with Crippen LogP contribution >= 0.6 is 24.0 Å². The van der Waals surface area contributed by atoms with Gasteiger partial charge in [-0.3, -0.25) is 4.57 Å². The number of carboxylic acid groups (broad SMARTS) is 1. The first-order valence-electron chi connectivity index (χ1n) is 5.53. The van der Waals surface area contributed by atoms with Crippen molar-refractivity contribution in [1.82, 2.24) is 9.55 Å². The summed E-state index contributed by atoms with van der Waals surface area (Å²) in [6.07, 6.45) is 0.409. The predicted molar refractivity (Wildman–Crippen MR) is 76.8 cm³/mol. The highest BCUT2D eigenvalue weighted by Gasteiger charge is 2.12. The van der Waals surface area contributed by atoms with Gasteiger partial charge in [0.2, 0.25) is 5.88 Å². The Morgan fingerprint density at radius 3 is 2.68 bits per heavy atom. The summed E-state index contributed by atoms with van der Waals surface area (Å²) in [6, 6.07) is 9.24. The number of hydrogen-bond acceptors (Lipinski definition) is 4. The number of rotatable bonds is 4. The van der Waals surface area contributed by atoms with Gasteiger partial charge in [0.25, 0.3) is 0 Å². The fourth-order valence-corrected chi connectivity index (χ4v) is 2.50. The number of benzene rings is 1. The van der Waals surface area contributed by atoms with Gasteiger partial charge < -0.3 is 15.2 Å². The predicted octanol–water partition coefficient (Wildman–Crippen LogP) is 3.19. The normalized spacial score (nSPS) is 10.5. The molecule has 2 aromatic rings. The number of nitrogens with one attached hydrogen (secondary N) is 1. The molecule has 0 aliphatic rings. The minimum Gasteiger partial charge on any atom is -0.493 e. The van der Waals surface area contributed by atoms with Crippen LogP contribution in [0.25, 0.3) is 5.69 Å². The molecule has 0 atom stereocenters. The molecule has 0 aliphatic carbocycles. The number of aromatic nitrogens is 2. The van der Waals surface area contributed by atoms with Crippen molar-refractivity contribution in [1.29, 1.82) is 0 Å².